The Labute approximate surface area is 191 Å². The van der Waals surface area contributed by atoms with E-state index in [1.54, 1.807) is 4.90 Å². The zero-order valence-electron chi connectivity index (χ0n) is 18.0. The fraction of sp³-hybridized carbons (Fsp3) is 0.545. The number of hydrogen-bond acceptors (Lipinski definition) is 7. The molecule has 0 unspecified atom stereocenters. The Bertz CT molecular complexity index is 907. The lowest BCUT2D eigenvalue weighted by Gasteiger charge is -2.28. The molecule has 0 radical (unpaired) electrons. The van der Waals surface area contributed by atoms with Crippen LogP contribution in [0.1, 0.15) is 52.4 Å². The second-order valence-corrected chi connectivity index (χ2v) is 10.6. The van der Waals surface area contributed by atoms with Crippen molar-refractivity contribution in [3.05, 3.63) is 24.3 Å². The first kappa shape index (κ1) is 22.1. The average Bonchev–Trinajstić information content (AvgIpc) is 3.53. The summed E-state index contributed by atoms with van der Waals surface area (Å²) in [5.41, 5.74) is 2.01. The van der Waals surface area contributed by atoms with E-state index in [4.69, 9.17) is 0 Å². The van der Waals surface area contributed by atoms with Gasteiger partial charge in [-0.2, -0.15) is 0 Å². The molecule has 1 aromatic carbocycles. The molecule has 31 heavy (non-hydrogen) atoms. The molecule has 2 amide bonds. The Morgan fingerprint density at radius 1 is 1.19 bits per heavy atom. The van der Waals surface area contributed by atoms with Gasteiger partial charge >= 0.3 is 0 Å². The van der Waals surface area contributed by atoms with E-state index in [1.807, 2.05) is 26.0 Å². The van der Waals surface area contributed by atoms with Crippen LogP contribution in [0.4, 0.5) is 16.5 Å². The molecule has 1 saturated heterocycles. The van der Waals surface area contributed by atoms with E-state index in [1.165, 1.54) is 48.0 Å². The summed E-state index contributed by atoms with van der Waals surface area (Å²) in [7, 11) is 0. The van der Waals surface area contributed by atoms with Gasteiger partial charge in [-0.25, -0.2) is 0 Å². The SMILES string of the molecule is CCC(=O)N(c1nnc(S[C@@H](C)C(=O)Nc2ccc(N3CCCCC3)cc2)s1)C1CC1. The minimum Gasteiger partial charge on any atom is -0.372 e. The molecule has 2 fully saturated rings. The van der Waals surface area contributed by atoms with Gasteiger partial charge in [0.2, 0.25) is 16.9 Å². The molecule has 9 heteroatoms. The van der Waals surface area contributed by atoms with Crippen molar-refractivity contribution in [2.45, 2.75) is 68.0 Å². The third kappa shape index (κ3) is 5.57. The van der Waals surface area contributed by atoms with Gasteiger partial charge in [-0.1, -0.05) is 30.0 Å². The van der Waals surface area contributed by atoms with E-state index in [2.05, 4.69) is 32.5 Å². The van der Waals surface area contributed by atoms with Gasteiger partial charge in [0.25, 0.3) is 0 Å². The van der Waals surface area contributed by atoms with Crippen molar-refractivity contribution < 1.29 is 9.59 Å². The van der Waals surface area contributed by atoms with Gasteiger partial charge in [0.1, 0.15) is 0 Å². The highest BCUT2D eigenvalue weighted by Crippen LogP contribution is 2.37. The third-order valence-electron chi connectivity index (χ3n) is 5.59. The monoisotopic (exact) mass is 459 g/mol. The lowest BCUT2D eigenvalue weighted by molar-refractivity contribution is -0.118. The molecule has 2 aliphatic rings. The second kappa shape index (κ2) is 9.99. The van der Waals surface area contributed by atoms with Crippen molar-refractivity contribution >= 4 is 51.4 Å². The maximum Gasteiger partial charge on any atom is 0.237 e. The summed E-state index contributed by atoms with van der Waals surface area (Å²) in [6, 6.07) is 8.34. The van der Waals surface area contributed by atoms with Gasteiger partial charge in [-0.15, -0.1) is 10.2 Å². The summed E-state index contributed by atoms with van der Waals surface area (Å²) < 4.78 is 0.702. The van der Waals surface area contributed by atoms with Crippen molar-refractivity contribution in [1.29, 1.82) is 0 Å². The molecule has 1 atom stereocenters. The minimum absolute atomic E-state index is 0.0730. The van der Waals surface area contributed by atoms with E-state index in [-0.39, 0.29) is 23.1 Å². The van der Waals surface area contributed by atoms with E-state index in [0.717, 1.165) is 31.6 Å². The summed E-state index contributed by atoms with van der Waals surface area (Å²) in [4.78, 5) is 29.1. The zero-order chi connectivity index (χ0) is 21.8. The van der Waals surface area contributed by atoms with Gasteiger partial charge in [0.05, 0.1) is 5.25 Å². The van der Waals surface area contributed by atoms with E-state index in [0.29, 0.717) is 15.9 Å². The molecule has 7 nitrogen and oxygen atoms in total. The summed E-state index contributed by atoms with van der Waals surface area (Å²) >= 11 is 2.76. The second-order valence-electron chi connectivity index (χ2n) is 8.04. The van der Waals surface area contributed by atoms with Gasteiger partial charge in [-0.3, -0.25) is 14.5 Å². The van der Waals surface area contributed by atoms with Crippen LogP contribution in [0.25, 0.3) is 0 Å². The Hall–Kier alpha value is -2.13. The Morgan fingerprint density at radius 2 is 1.90 bits per heavy atom. The Morgan fingerprint density at radius 3 is 2.55 bits per heavy atom. The first-order valence-electron chi connectivity index (χ1n) is 11.0. The quantitative estimate of drug-likeness (QED) is 0.461. The van der Waals surface area contributed by atoms with Crippen molar-refractivity contribution in [2.75, 3.05) is 28.2 Å². The highest BCUT2D eigenvalue weighted by Gasteiger charge is 2.35. The standard InChI is InChI=1S/C22H29N5O2S2/c1-3-19(28)27(18-11-12-18)21-24-25-22(31-21)30-15(2)20(29)23-16-7-9-17(10-8-16)26-13-5-4-6-14-26/h7-10,15,18H,3-6,11-14H2,1-2H3,(H,23,29)/t15-/m0/s1. The topological polar surface area (TPSA) is 78.4 Å². The van der Waals surface area contributed by atoms with Gasteiger partial charge in [-0.05, 0) is 63.3 Å². The summed E-state index contributed by atoms with van der Waals surface area (Å²) in [5, 5.41) is 11.7. The number of thioether (sulfide) groups is 1. The molecule has 1 N–H and O–H groups in total. The van der Waals surface area contributed by atoms with Crippen LogP contribution < -0.4 is 15.1 Å². The van der Waals surface area contributed by atoms with Crippen LogP contribution in [0.5, 0.6) is 0 Å². The van der Waals surface area contributed by atoms with Crippen LogP contribution in [0.3, 0.4) is 0 Å². The van der Waals surface area contributed by atoms with Crippen LogP contribution in [0, 0.1) is 0 Å². The first-order valence-corrected chi connectivity index (χ1v) is 12.7. The van der Waals surface area contributed by atoms with E-state index in [9.17, 15) is 9.59 Å². The maximum absolute atomic E-state index is 12.7. The molecule has 0 spiro atoms. The van der Waals surface area contributed by atoms with Crippen LogP contribution in [0.15, 0.2) is 28.6 Å². The smallest absolute Gasteiger partial charge is 0.237 e. The van der Waals surface area contributed by atoms with Crippen molar-refractivity contribution in [2.24, 2.45) is 0 Å². The summed E-state index contributed by atoms with van der Waals surface area (Å²) in [6.07, 6.45) is 6.28. The van der Waals surface area contributed by atoms with E-state index < -0.39 is 0 Å². The predicted octanol–water partition coefficient (Wildman–Crippen LogP) is 4.55. The van der Waals surface area contributed by atoms with Gasteiger partial charge < -0.3 is 10.2 Å². The third-order valence-corrected chi connectivity index (χ3v) is 7.69. The fourth-order valence-corrected chi connectivity index (χ4v) is 5.75. The number of piperidine rings is 1. The van der Waals surface area contributed by atoms with Gasteiger partial charge in [0, 0.05) is 36.9 Å². The highest BCUT2D eigenvalue weighted by atomic mass is 32.2. The predicted molar refractivity (Wildman–Crippen MR) is 127 cm³/mol. The largest absolute Gasteiger partial charge is 0.372 e. The molecular formula is C22H29N5O2S2. The number of anilines is 3. The normalized spacial score (nSPS) is 17.3. The molecular weight excluding hydrogens is 430 g/mol. The van der Waals surface area contributed by atoms with Crippen LogP contribution >= 0.6 is 23.1 Å². The average molecular weight is 460 g/mol. The Balaban J connectivity index is 1.32. The lowest BCUT2D eigenvalue weighted by Crippen LogP contribution is -2.32. The Kier molecular flexibility index (Phi) is 7.12. The number of benzene rings is 1. The fourth-order valence-electron chi connectivity index (χ4n) is 3.67. The molecule has 1 saturated carbocycles. The van der Waals surface area contributed by atoms with Crippen molar-refractivity contribution in [1.82, 2.24) is 10.2 Å². The first-order chi connectivity index (χ1) is 15.0. The highest BCUT2D eigenvalue weighted by molar-refractivity contribution is 8.02. The molecule has 1 aromatic heterocycles. The molecule has 2 heterocycles. The lowest BCUT2D eigenvalue weighted by atomic mass is 10.1. The van der Waals surface area contributed by atoms with Crippen molar-refractivity contribution in [3.63, 3.8) is 0 Å². The number of nitrogens with zero attached hydrogens (tertiary/aromatic N) is 4. The number of carbonyl (C=O) groups is 2. The van der Waals surface area contributed by atoms with Crippen LogP contribution in [0.2, 0.25) is 0 Å². The van der Waals surface area contributed by atoms with Crippen LogP contribution in [-0.4, -0.2) is 46.4 Å². The number of hydrogen-bond donors (Lipinski definition) is 1. The van der Waals surface area contributed by atoms with Crippen LogP contribution in [-0.2, 0) is 9.59 Å². The number of amides is 2. The molecule has 1 aliphatic carbocycles. The molecule has 0 bridgehead atoms. The summed E-state index contributed by atoms with van der Waals surface area (Å²) in [6.45, 7) is 5.93. The van der Waals surface area contributed by atoms with E-state index >= 15 is 0 Å². The summed E-state index contributed by atoms with van der Waals surface area (Å²) in [5.74, 6) is 0.00477. The molecule has 2 aromatic rings. The molecule has 4 rings (SSSR count). The molecule has 166 valence electrons. The minimum atomic E-state index is -0.321. The number of nitrogens with one attached hydrogen (secondary N) is 1. The number of rotatable bonds is 8. The zero-order valence-corrected chi connectivity index (χ0v) is 19.7. The number of carbonyl (C=O) groups excluding carboxylic acids is 2. The molecule has 1 aliphatic heterocycles. The van der Waals surface area contributed by atoms with Gasteiger partial charge in [0.15, 0.2) is 4.34 Å². The maximum atomic E-state index is 12.7. The number of aromatic nitrogens is 2. The van der Waals surface area contributed by atoms with Crippen molar-refractivity contribution in [3.8, 4) is 0 Å².